The molecule has 2 N–H and O–H groups in total. The molecule has 2 aliphatic heterocycles. The van der Waals surface area contributed by atoms with Crippen molar-refractivity contribution in [3.8, 4) is 11.3 Å². The zero-order valence-electron chi connectivity index (χ0n) is 18.9. The van der Waals surface area contributed by atoms with Crippen LogP contribution in [0.25, 0.3) is 22.2 Å². The lowest BCUT2D eigenvalue weighted by Crippen LogP contribution is -2.35. The number of carbonyl (C=O) groups excluding carboxylic acids is 1. The number of para-hydroxylation sites is 1. The highest BCUT2D eigenvalue weighted by atomic mass is 16.5. The number of carbonyl (C=O) groups is 1. The quantitative estimate of drug-likeness (QED) is 0.482. The Balaban J connectivity index is 1.14. The van der Waals surface area contributed by atoms with E-state index in [0.717, 1.165) is 72.7 Å². The first-order valence-corrected chi connectivity index (χ1v) is 12.0. The molecule has 1 saturated heterocycles. The molecular formula is C28H26N4O2. The van der Waals surface area contributed by atoms with Crippen LogP contribution in [0, 0.1) is 0 Å². The first-order chi connectivity index (χ1) is 16.7. The van der Waals surface area contributed by atoms with E-state index in [2.05, 4.69) is 68.9 Å². The highest BCUT2D eigenvalue weighted by Crippen LogP contribution is 2.65. The third kappa shape index (κ3) is 3.02. The lowest BCUT2D eigenvalue weighted by Gasteiger charge is -2.26. The number of aromatic amines is 1. The smallest absolute Gasteiger partial charge is 0.235 e. The van der Waals surface area contributed by atoms with E-state index in [1.54, 1.807) is 0 Å². The van der Waals surface area contributed by atoms with Crippen LogP contribution in [0.2, 0.25) is 0 Å². The van der Waals surface area contributed by atoms with Gasteiger partial charge < -0.3 is 10.1 Å². The van der Waals surface area contributed by atoms with E-state index >= 15 is 0 Å². The molecule has 6 nitrogen and oxygen atoms in total. The number of nitrogens with one attached hydrogen (secondary N) is 2. The van der Waals surface area contributed by atoms with Crippen molar-refractivity contribution in [1.29, 1.82) is 0 Å². The Labute approximate surface area is 197 Å². The Morgan fingerprint density at radius 3 is 2.71 bits per heavy atom. The summed E-state index contributed by atoms with van der Waals surface area (Å²) >= 11 is 0. The number of morpholine rings is 1. The van der Waals surface area contributed by atoms with Crippen LogP contribution in [-0.4, -0.2) is 47.3 Å². The first kappa shape index (κ1) is 19.9. The lowest BCUT2D eigenvalue weighted by atomic mass is 9.91. The van der Waals surface area contributed by atoms with Gasteiger partial charge in [-0.3, -0.25) is 14.8 Å². The van der Waals surface area contributed by atoms with Gasteiger partial charge in [-0.2, -0.15) is 5.10 Å². The molecule has 2 atom stereocenters. The Morgan fingerprint density at radius 2 is 1.85 bits per heavy atom. The molecule has 0 bridgehead atoms. The van der Waals surface area contributed by atoms with Gasteiger partial charge in [0, 0.05) is 42.2 Å². The number of benzene rings is 3. The van der Waals surface area contributed by atoms with Gasteiger partial charge in [0.05, 0.1) is 29.8 Å². The summed E-state index contributed by atoms with van der Waals surface area (Å²) in [6.07, 6.45) is 0.854. The van der Waals surface area contributed by atoms with Gasteiger partial charge in [-0.05, 0) is 35.2 Å². The molecule has 6 heteroatoms. The molecular weight excluding hydrogens is 424 g/mol. The second-order valence-electron chi connectivity index (χ2n) is 9.69. The van der Waals surface area contributed by atoms with Crippen molar-refractivity contribution >= 4 is 22.5 Å². The van der Waals surface area contributed by atoms with E-state index in [0.29, 0.717) is 0 Å². The SMILES string of the molecule is O=C1Nc2ccccc2C12CC2c1ccc2c(-c3ccc(CN4CCOCC4)cc3)n[nH]c2c1. The molecule has 1 aromatic heterocycles. The molecule has 3 heterocycles. The number of fused-ring (bicyclic) bond motifs is 3. The standard InChI is InChI=1S/C28H26N4O2/c33-27-28(22-3-1-2-4-24(22)29-27)16-23(28)20-9-10-21-25(15-20)30-31-26(21)19-7-5-18(6-8-19)17-32-11-13-34-14-12-32/h1-10,15,23H,11-14,16-17H2,(H,29,33)(H,30,31). The van der Waals surface area contributed by atoms with Gasteiger partial charge >= 0.3 is 0 Å². The number of amides is 1. The zero-order chi connectivity index (χ0) is 22.7. The first-order valence-electron chi connectivity index (χ1n) is 12.0. The van der Waals surface area contributed by atoms with Crippen molar-refractivity contribution in [3.63, 3.8) is 0 Å². The minimum absolute atomic E-state index is 0.126. The zero-order valence-corrected chi connectivity index (χ0v) is 18.9. The Morgan fingerprint density at radius 1 is 1.03 bits per heavy atom. The minimum Gasteiger partial charge on any atom is -0.379 e. The van der Waals surface area contributed by atoms with E-state index in [1.807, 2.05) is 18.2 Å². The highest BCUT2D eigenvalue weighted by Gasteiger charge is 2.65. The van der Waals surface area contributed by atoms with Crippen LogP contribution in [0.1, 0.15) is 29.0 Å². The summed E-state index contributed by atoms with van der Waals surface area (Å²) in [5, 5.41) is 12.0. The number of ether oxygens (including phenoxy) is 1. The number of anilines is 1. The van der Waals surface area contributed by atoms with Gasteiger partial charge in [-0.25, -0.2) is 0 Å². The fourth-order valence-electron chi connectivity index (χ4n) is 5.81. The predicted octanol–water partition coefficient (Wildman–Crippen LogP) is 4.44. The maximum atomic E-state index is 12.9. The van der Waals surface area contributed by atoms with Crippen LogP contribution in [0.15, 0.2) is 66.7 Å². The Kier molecular flexibility index (Phi) is 4.41. The van der Waals surface area contributed by atoms with Gasteiger partial charge in [0.15, 0.2) is 0 Å². The number of aromatic nitrogens is 2. The summed E-state index contributed by atoms with van der Waals surface area (Å²) in [5.41, 5.74) is 7.26. The number of hydrogen-bond donors (Lipinski definition) is 2. The van der Waals surface area contributed by atoms with Crippen molar-refractivity contribution < 1.29 is 9.53 Å². The average molecular weight is 451 g/mol. The molecule has 0 radical (unpaired) electrons. The number of H-pyrrole nitrogens is 1. The van der Waals surface area contributed by atoms with Gasteiger partial charge in [-0.15, -0.1) is 0 Å². The fraction of sp³-hybridized carbons (Fsp3) is 0.286. The summed E-state index contributed by atoms with van der Waals surface area (Å²) in [5.74, 6) is 0.327. The van der Waals surface area contributed by atoms with Crippen molar-refractivity contribution in [3.05, 3.63) is 83.4 Å². The highest BCUT2D eigenvalue weighted by molar-refractivity contribution is 6.10. The number of rotatable bonds is 4. The second kappa shape index (κ2) is 7.52. The number of hydrogen-bond acceptors (Lipinski definition) is 4. The van der Waals surface area contributed by atoms with Gasteiger partial charge in [-0.1, -0.05) is 54.6 Å². The molecule has 1 saturated carbocycles. The van der Waals surface area contributed by atoms with Gasteiger partial charge in [0.1, 0.15) is 0 Å². The summed E-state index contributed by atoms with van der Waals surface area (Å²) in [4.78, 5) is 15.3. The molecule has 2 unspecified atom stereocenters. The Hall–Kier alpha value is -3.48. The third-order valence-electron chi connectivity index (χ3n) is 7.75. The van der Waals surface area contributed by atoms with E-state index in [1.165, 1.54) is 11.1 Å². The molecule has 1 amide bonds. The molecule has 7 rings (SSSR count). The monoisotopic (exact) mass is 450 g/mol. The third-order valence-corrected chi connectivity index (χ3v) is 7.75. The lowest BCUT2D eigenvalue weighted by molar-refractivity contribution is -0.118. The summed E-state index contributed by atoms with van der Waals surface area (Å²) in [7, 11) is 0. The van der Waals surface area contributed by atoms with Crippen molar-refractivity contribution in [2.24, 2.45) is 0 Å². The largest absolute Gasteiger partial charge is 0.379 e. The molecule has 2 fully saturated rings. The maximum Gasteiger partial charge on any atom is 0.235 e. The molecule has 170 valence electrons. The van der Waals surface area contributed by atoms with Crippen molar-refractivity contribution in [2.45, 2.75) is 24.3 Å². The molecule has 4 aromatic rings. The topological polar surface area (TPSA) is 70.2 Å². The molecule has 1 aliphatic carbocycles. The summed E-state index contributed by atoms with van der Waals surface area (Å²) in [6, 6.07) is 23.3. The normalized spacial score (nSPS) is 23.9. The number of nitrogens with zero attached hydrogens (tertiary/aromatic N) is 2. The molecule has 1 spiro atoms. The van der Waals surface area contributed by atoms with Gasteiger partial charge in [0.2, 0.25) is 5.91 Å². The van der Waals surface area contributed by atoms with E-state index in [9.17, 15) is 4.79 Å². The van der Waals surface area contributed by atoms with Crippen LogP contribution >= 0.6 is 0 Å². The molecule has 34 heavy (non-hydrogen) atoms. The predicted molar refractivity (Wildman–Crippen MR) is 132 cm³/mol. The minimum atomic E-state index is -0.413. The molecule has 3 aromatic carbocycles. The van der Waals surface area contributed by atoms with Gasteiger partial charge in [0.25, 0.3) is 0 Å². The van der Waals surface area contributed by atoms with Crippen LogP contribution in [0.5, 0.6) is 0 Å². The van der Waals surface area contributed by atoms with E-state index in [-0.39, 0.29) is 11.8 Å². The summed E-state index contributed by atoms with van der Waals surface area (Å²) in [6.45, 7) is 4.57. The second-order valence-corrected chi connectivity index (χ2v) is 9.69. The van der Waals surface area contributed by atoms with Crippen molar-refractivity contribution in [1.82, 2.24) is 15.1 Å². The average Bonchev–Trinajstić information content (AvgIpc) is 3.39. The van der Waals surface area contributed by atoms with Crippen molar-refractivity contribution in [2.75, 3.05) is 31.6 Å². The maximum absolute atomic E-state index is 12.9. The van der Waals surface area contributed by atoms with Crippen LogP contribution in [-0.2, 0) is 21.5 Å². The fourth-order valence-corrected chi connectivity index (χ4v) is 5.81. The van der Waals surface area contributed by atoms with E-state index in [4.69, 9.17) is 4.74 Å². The van der Waals surface area contributed by atoms with Crippen LogP contribution in [0.4, 0.5) is 5.69 Å². The van der Waals surface area contributed by atoms with Crippen LogP contribution in [0.3, 0.4) is 0 Å². The Bertz CT molecular complexity index is 1400. The van der Waals surface area contributed by atoms with E-state index < -0.39 is 5.41 Å². The molecule has 3 aliphatic rings. The van der Waals surface area contributed by atoms with Crippen LogP contribution < -0.4 is 5.32 Å². The summed E-state index contributed by atoms with van der Waals surface area (Å²) < 4.78 is 5.45.